The molecule has 0 saturated carbocycles. The van der Waals surface area contributed by atoms with Crippen LogP contribution in [0.1, 0.15) is 15.9 Å². The maximum atomic E-state index is 13.2. The van der Waals surface area contributed by atoms with Gasteiger partial charge in [0, 0.05) is 39.8 Å². The zero-order valence-corrected chi connectivity index (χ0v) is 16.9. The molecular formula is C24H19N3O2S. The SMILES string of the molecule is O=C(C1=CSN(c2cccnc2)C1)c1c[nH]c2ccc(OCc3ccccc3)cc12. The van der Waals surface area contributed by atoms with Gasteiger partial charge in [0.25, 0.3) is 0 Å². The van der Waals surface area contributed by atoms with Gasteiger partial charge in [0.05, 0.1) is 18.4 Å². The summed E-state index contributed by atoms with van der Waals surface area (Å²) in [5.41, 5.74) is 4.43. The van der Waals surface area contributed by atoms with E-state index in [-0.39, 0.29) is 5.78 Å². The summed E-state index contributed by atoms with van der Waals surface area (Å²) in [5, 5.41) is 2.79. The van der Waals surface area contributed by atoms with E-state index >= 15 is 0 Å². The van der Waals surface area contributed by atoms with Gasteiger partial charge in [-0.25, -0.2) is 0 Å². The second kappa shape index (κ2) is 8.08. The van der Waals surface area contributed by atoms with Gasteiger partial charge >= 0.3 is 0 Å². The number of carbonyl (C=O) groups is 1. The lowest BCUT2D eigenvalue weighted by molar-refractivity contribution is 0.103. The molecule has 5 rings (SSSR count). The van der Waals surface area contributed by atoms with Crippen molar-refractivity contribution in [2.24, 2.45) is 0 Å². The van der Waals surface area contributed by atoms with Crippen LogP contribution in [0, 0.1) is 0 Å². The van der Waals surface area contributed by atoms with Gasteiger partial charge in [-0.1, -0.05) is 30.3 Å². The zero-order valence-electron chi connectivity index (χ0n) is 16.1. The molecule has 148 valence electrons. The smallest absolute Gasteiger partial charge is 0.193 e. The van der Waals surface area contributed by atoms with Crippen molar-refractivity contribution in [2.45, 2.75) is 6.61 Å². The number of pyridine rings is 1. The second-order valence-electron chi connectivity index (χ2n) is 7.01. The van der Waals surface area contributed by atoms with Crippen molar-refractivity contribution in [1.82, 2.24) is 9.97 Å². The Hall–Kier alpha value is -3.51. The van der Waals surface area contributed by atoms with Gasteiger partial charge < -0.3 is 14.0 Å². The van der Waals surface area contributed by atoms with Crippen molar-refractivity contribution in [3.63, 3.8) is 0 Å². The fourth-order valence-electron chi connectivity index (χ4n) is 3.43. The number of carbonyl (C=O) groups excluding carboxylic acids is 1. The number of nitrogens with one attached hydrogen (secondary N) is 1. The van der Waals surface area contributed by atoms with E-state index in [1.165, 1.54) is 11.9 Å². The Labute approximate surface area is 178 Å². The first-order chi connectivity index (χ1) is 14.8. The van der Waals surface area contributed by atoms with E-state index in [0.717, 1.165) is 33.5 Å². The minimum absolute atomic E-state index is 0.0281. The summed E-state index contributed by atoms with van der Waals surface area (Å²) in [7, 11) is 0. The number of ketones is 1. The highest BCUT2D eigenvalue weighted by molar-refractivity contribution is 8.03. The van der Waals surface area contributed by atoms with Crippen LogP contribution >= 0.6 is 11.9 Å². The molecule has 5 nitrogen and oxygen atoms in total. The number of hydrogen-bond donors (Lipinski definition) is 1. The van der Waals surface area contributed by atoms with E-state index in [0.29, 0.717) is 18.7 Å². The van der Waals surface area contributed by atoms with Crippen LogP contribution in [-0.4, -0.2) is 22.3 Å². The minimum Gasteiger partial charge on any atom is -0.489 e. The number of anilines is 1. The number of hydrogen-bond acceptors (Lipinski definition) is 5. The number of fused-ring (bicyclic) bond motifs is 1. The summed E-state index contributed by atoms with van der Waals surface area (Å²) < 4.78 is 8.00. The lowest BCUT2D eigenvalue weighted by Gasteiger charge is -2.15. The summed E-state index contributed by atoms with van der Waals surface area (Å²) in [6.45, 7) is 1.04. The van der Waals surface area contributed by atoms with Gasteiger partial charge in [0.15, 0.2) is 5.78 Å². The first-order valence-corrected chi connectivity index (χ1v) is 10.5. The average molecular weight is 414 g/mol. The molecule has 4 aromatic rings. The third-order valence-electron chi connectivity index (χ3n) is 5.01. The van der Waals surface area contributed by atoms with Crippen LogP contribution in [-0.2, 0) is 6.61 Å². The van der Waals surface area contributed by atoms with E-state index < -0.39 is 0 Å². The van der Waals surface area contributed by atoms with Gasteiger partial charge in [-0.15, -0.1) is 0 Å². The Morgan fingerprint density at radius 3 is 2.87 bits per heavy atom. The molecule has 0 bridgehead atoms. The maximum absolute atomic E-state index is 13.2. The molecule has 1 aliphatic rings. The molecular weight excluding hydrogens is 394 g/mol. The fourth-order valence-corrected chi connectivity index (χ4v) is 4.31. The van der Waals surface area contributed by atoms with E-state index in [4.69, 9.17) is 4.74 Å². The molecule has 30 heavy (non-hydrogen) atoms. The maximum Gasteiger partial charge on any atom is 0.193 e. The highest BCUT2D eigenvalue weighted by atomic mass is 32.2. The van der Waals surface area contributed by atoms with E-state index in [1.807, 2.05) is 66.1 Å². The molecule has 3 heterocycles. The van der Waals surface area contributed by atoms with Crippen molar-refractivity contribution in [3.05, 3.63) is 101 Å². The summed E-state index contributed by atoms with van der Waals surface area (Å²) in [6.07, 6.45) is 5.33. The lowest BCUT2D eigenvalue weighted by Crippen LogP contribution is -2.16. The predicted octanol–water partition coefficient (Wildman–Crippen LogP) is 5.38. The number of ether oxygens (including phenoxy) is 1. The number of H-pyrrole nitrogens is 1. The van der Waals surface area contributed by atoms with E-state index in [2.05, 4.69) is 14.3 Å². The van der Waals surface area contributed by atoms with Crippen LogP contribution in [0.25, 0.3) is 10.9 Å². The number of Topliss-reactive ketones (excluding diaryl/α,β-unsaturated/α-hetero) is 1. The van der Waals surface area contributed by atoms with Crippen molar-refractivity contribution < 1.29 is 9.53 Å². The van der Waals surface area contributed by atoms with Gasteiger partial charge in [0.1, 0.15) is 12.4 Å². The molecule has 0 radical (unpaired) electrons. The number of aromatic nitrogens is 2. The molecule has 0 atom stereocenters. The molecule has 0 unspecified atom stereocenters. The fraction of sp³-hybridized carbons (Fsp3) is 0.0833. The summed E-state index contributed by atoms with van der Waals surface area (Å²) in [4.78, 5) is 20.6. The van der Waals surface area contributed by atoms with Crippen LogP contribution < -0.4 is 9.04 Å². The van der Waals surface area contributed by atoms with E-state index in [9.17, 15) is 4.79 Å². The van der Waals surface area contributed by atoms with Crippen LogP contribution in [0.4, 0.5) is 5.69 Å². The third-order valence-corrected chi connectivity index (χ3v) is 5.99. The average Bonchev–Trinajstić information content (AvgIpc) is 3.46. The molecule has 1 N–H and O–H groups in total. The second-order valence-corrected chi connectivity index (χ2v) is 7.90. The van der Waals surface area contributed by atoms with Gasteiger partial charge in [0.2, 0.25) is 0 Å². The van der Waals surface area contributed by atoms with Crippen LogP contribution in [0.3, 0.4) is 0 Å². The van der Waals surface area contributed by atoms with Crippen molar-refractivity contribution >= 4 is 34.3 Å². The number of benzene rings is 2. The number of aromatic amines is 1. The first kappa shape index (κ1) is 18.5. The summed E-state index contributed by atoms with van der Waals surface area (Å²) >= 11 is 1.52. The normalized spacial score (nSPS) is 13.5. The van der Waals surface area contributed by atoms with Crippen LogP contribution in [0.2, 0.25) is 0 Å². The molecule has 6 heteroatoms. The van der Waals surface area contributed by atoms with Gasteiger partial charge in [-0.05, 0) is 47.8 Å². The predicted molar refractivity (Wildman–Crippen MR) is 121 cm³/mol. The third kappa shape index (κ3) is 3.69. The highest BCUT2D eigenvalue weighted by Crippen LogP contribution is 2.33. The molecule has 2 aromatic heterocycles. The van der Waals surface area contributed by atoms with Gasteiger partial charge in [-0.3, -0.25) is 9.78 Å². The Kier molecular flexibility index (Phi) is 4.99. The Balaban J connectivity index is 1.34. The molecule has 0 saturated heterocycles. The number of rotatable bonds is 6. The molecule has 0 fully saturated rings. The highest BCUT2D eigenvalue weighted by Gasteiger charge is 2.24. The Bertz CT molecular complexity index is 1220. The standard InChI is InChI=1S/C24H19N3O2S/c28-24(18-14-27(30-16-18)19-7-4-10-25-12-19)22-13-26-23-9-8-20(11-21(22)23)29-15-17-5-2-1-3-6-17/h1-13,16,26H,14-15H2. The largest absolute Gasteiger partial charge is 0.489 e. The lowest BCUT2D eigenvalue weighted by atomic mass is 10.0. The van der Waals surface area contributed by atoms with Crippen molar-refractivity contribution in [1.29, 1.82) is 0 Å². The first-order valence-electron chi connectivity index (χ1n) is 9.64. The molecule has 0 spiro atoms. The Morgan fingerprint density at radius 1 is 1.13 bits per heavy atom. The minimum atomic E-state index is 0.0281. The molecule has 1 aliphatic heterocycles. The topological polar surface area (TPSA) is 58.2 Å². The molecule has 0 aliphatic carbocycles. The summed E-state index contributed by atoms with van der Waals surface area (Å²) in [5.74, 6) is 0.770. The quantitative estimate of drug-likeness (QED) is 0.340. The van der Waals surface area contributed by atoms with Gasteiger partial charge in [-0.2, -0.15) is 0 Å². The monoisotopic (exact) mass is 413 g/mol. The molecule has 0 amide bonds. The van der Waals surface area contributed by atoms with Crippen molar-refractivity contribution in [2.75, 3.05) is 10.8 Å². The van der Waals surface area contributed by atoms with E-state index in [1.54, 1.807) is 18.6 Å². The van der Waals surface area contributed by atoms with Crippen LogP contribution in [0.15, 0.2) is 90.2 Å². The van der Waals surface area contributed by atoms with Crippen molar-refractivity contribution in [3.8, 4) is 5.75 Å². The number of nitrogens with zero attached hydrogens (tertiary/aromatic N) is 2. The molecule has 2 aromatic carbocycles. The Morgan fingerprint density at radius 2 is 2.03 bits per heavy atom. The van der Waals surface area contributed by atoms with Crippen LogP contribution in [0.5, 0.6) is 5.75 Å². The summed E-state index contributed by atoms with van der Waals surface area (Å²) in [6, 6.07) is 19.7. The zero-order chi connectivity index (χ0) is 20.3.